The standard InChI is InChI=1S/C23H24N4O4/c1-29-19-14-17(15-20(16-19)30-2)23(28)27-12-10-26(11-13-27)21-8-9-22(25-24-21)31-18-6-4-3-5-7-18/h3-9,14-16H,10-13H2,1-2H3. The Morgan fingerprint density at radius 1 is 0.806 bits per heavy atom. The fourth-order valence-corrected chi connectivity index (χ4v) is 3.40. The topological polar surface area (TPSA) is 77.0 Å². The van der Waals surface area contributed by atoms with Gasteiger partial charge in [-0.3, -0.25) is 4.79 Å². The van der Waals surface area contributed by atoms with Crippen LogP contribution in [0.25, 0.3) is 0 Å². The van der Waals surface area contributed by atoms with Crippen molar-refractivity contribution in [2.24, 2.45) is 0 Å². The van der Waals surface area contributed by atoms with Crippen molar-refractivity contribution in [1.29, 1.82) is 0 Å². The van der Waals surface area contributed by atoms with Crippen molar-refractivity contribution in [2.75, 3.05) is 45.3 Å². The van der Waals surface area contributed by atoms with Crippen molar-refractivity contribution in [3.63, 3.8) is 0 Å². The Labute approximate surface area is 181 Å². The van der Waals surface area contributed by atoms with Crippen LogP contribution >= 0.6 is 0 Å². The van der Waals surface area contributed by atoms with Crippen LogP contribution in [0.2, 0.25) is 0 Å². The van der Waals surface area contributed by atoms with E-state index in [0.717, 1.165) is 5.82 Å². The van der Waals surface area contributed by atoms with Gasteiger partial charge in [-0.1, -0.05) is 18.2 Å². The lowest BCUT2D eigenvalue weighted by molar-refractivity contribution is 0.0745. The first-order valence-electron chi connectivity index (χ1n) is 10.00. The Morgan fingerprint density at radius 3 is 2.06 bits per heavy atom. The van der Waals surface area contributed by atoms with Gasteiger partial charge in [0.05, 0.1) is 14.2 Å². The van der Waals surface area contributed by atoms with Gasteiger partial charge in [-0.25, -0.2) is 0 Å². The number of hydrogen-bond acceptors (Lipinski definition) is 7. The molecule has 8 heteroatoms. The highest BCUT2D eigenvalue weighted by Crippen LogP contribution is 2.25. The molecule has 3 aromatic rings. The minimum atomic E-state index is -0.0467. The number of hydrogen-bond donors (Lipinski definition) is 0. The summed E-state index contributed by atoms with van der Waals surface area (Å²) < 4.78 is 16.2. The molecule has 4 rings (SSSR count). The number of aromatic nitrogens is 2. The summed E-state index contributed by atoms with van der Waals surface area (Å²) in [5, 5.41) is 8.45. The zero-order valence-electron chi connectivity index (χ0n) is 17.5. The highest BCUT2D eigenvalue weighted by atomic mass is 16.5. The molecule has 0 radical (unpaired) electrons. The molecule has 0 atom stereocenters. The maximum atomic E-state index is 12.9. The van der Waals surface area contributed by atoms with Crippen molar-refractivity contribution < 1.29 is 19.0 Å². The predicted molar refractivity (Wildman–Crippen MR) is 116 cm³/mol. The van der Waals surface area contributed by atoms with E-state index in [1.54, 1.807) is 38.5 Å². The van der Waals surface area contributed by atoms with Crippen molar-refractivity contribution in [1.82, 2.24) is 15.1 Å². The van der Waals surface area contributed by atoms with E-state index in [1.807, 2.05) is 41.3 Å². The quantitative estimate of drug-likeness (QED) is 0.606. The Hall–Kier alpha value is -3.81. The molecule has 0 bridgehead atoms. The molecule has 1 fully saturated rings. The van der Waals surface area contributed by atoms with Gasteiger partial charge in [0.15, 0.2) is 5.82 Å². The van der Waals surface area contributed by atoms with Crippen LogP contribution < -0.4 is 19.1 Å². The summed E-state index contributed by atoms with van der Waals surface area (Å²) in [6.45, 7) is 2.51. The highest BCUT2D eigenvalue weighted by molar-refractivity contribution is 5.95. The van der Waals surface area contributed by atoms with Crippen LogP contribution in [-0.2, 0) is 0 Å². The third-order valence-corrected chi connectivity index (χ3v) is 5.08. The van der Waals surface area contributed by atoms with Gasteiger partial charge in [0.2, 0.25) is 5.88 Å². The number of carbonyl (C=O) groups is 1. The van der Waals surface area contributed by atoms with Crippen LogP contribution in [0.1, 0.15) is 10.4 Å². The predicted octanol–water partition coefficient (Wildman–Crippen LogP) is 3.25. The first-order valence-corrected chi connectivity index (χ1v) is 10.00. The normalized spacial score (nSPS) is 13.6. The Balaban J connectivity index is 1.37. The number of amides is 1. The summed E-state index contributed by atoms with van der Waals surface area (Å²) >= 11 is 0. The molecule has 0 saturated carbocycles. The van der Waals surface area contributed by atoms with Crippen molar-refractivity contribution >= 4 is 11.7 Å². The molecule has 1 amide bonds. The second-order valence-electron chi connectivity index (χ2n) is 7.03. The lowest BCUT2D eigenvalue weighted by atomic mass is 10.1. The molecule has 0 N–H and O–H groups in total. The SMILES string of the molecule is COc1cc(OC)cc(C(=O)N2CCN(c3ccc(Oc4ccccc4)nn3)CC2)c1. The number of anilines is 1. The van der Waals surface area contributed by atoms with Crippen LogP contribution in [0.15, 0.2) is 60.7 Å². The minimum absolute atomic E-state index is 0.0467. The van der Waals surface area contributed by atoms with E-state index in [1.165, 1.54) is 0 Å². The molecule has 31 heavy (non-hydrogen) atoms. The first kappa shape index (κ1) is 20.5. The highest BCUT2D eigenvalue weighted by Gasteiger charge is 2.24. The van der Waals surface area contributed by atoms with Crippen LogP contribution in [0.4, 0.5) is 5.82 Å². The number of nitrogens with zero attached hydrogens (tertiary/aromatic N) is 4. The Kier molecular flexibility index (Phi) is 6.16. The zero-order valence-corrected chi connectivity index (χ0v) is 17.5. The lowest BCUT2D eigenvalue weighted by Gasteiger charge is -2.35. The van der Waals surface area contributed by atoms with Gasteiger partial charge >= 0.3 is 0 Å². The van der Waals surface area contributed by atoms with E-state index in [0.29, 0.717) is 54.9 Å². The molecule has 0 spiro atoms. The van der Waals surface area contributed by atoms with E-state index >= 15 is 0 Å². The smallest absolute Gasteiger partial charge is 0.254 e. The van der Waals surface area contributed by atoms with E-state index in [9.17, 15) is 4.79 Å². The zero-order chi connectivity index (χ0) is 21.6. The third-order valence-electron chi connectivity index (χ3n) is 5.08. The van der Waals surface area contributed by atoms with Gasteiger partial charge in [-0.05, 0) is 30.3 Å². The molecular weight excluding hydrogens is 396 g/mol. The maximum absolute atomic E-state index is 12.9. The van der Waals surface area contributed by atoms with Gasteiger partial charge < -0.3 is 24.0 Å². The van der Waals surface area contributed by atoms with Crippen LogP contribution in [0, 0.1) is 0 Å². The number of methoxy groups -OCH3 is 2. The number of piperazine rings is 1. The molecule has 0 aliphatic carbocycles. The minimum Gasteiger partial charge on any atom is -0.497 e. The molecule has 1 aliphatic rings. The van der Waals surface area contributed by atoms with Crippen LogP contribution in [0.3, 0.4) is 0 Å². The van der Waals surface area contributed by atoms with E-state index < -0.39 is 0 Å². The number of ether oxygens (including phenoxy) is 3. The summed E-state index contributed by atoms with van der Waals surface area (Å²) in [4.78, 5) is 16.9. The summed E-state index contributed by atoms with van der Waals surface area (Å²) in [5.74, 6) is 3.05. The maximum Gasteiger partial charge on any atom is 0.254 e. The van der Waals surface area contributed by atoms with Crippen LogP contribution in [0.5, 0.6) is 23.1 Å². The lowest BCUT2D eigenvalue weighted by Crippen LogP contribution is -2.49. The molecule has 160 valence electrons. The summed E-state index contributed by atoms with van der Waals surface area (Å²) in [6.07, 6.45) is 0. The van der Waals surface area contributed by atoms with Crippen molar-refractivity contribution in [3.05, 3.63) is 66.2 Å². The largest absolute Gasteiger partial charge is 0.497 e. The molecule has 8 nitrogen and oxygen atoms in total. The summed E-state index contributed by atoms with van der Waals surface area (Å²) in [6, 6.07) is 18.4. The molecule has 2 heterocycles. The van der Waals surface area contributed by atoms with Gasteiger partial charge in [0.1, 0.15) is 17.2 Å². The van der Waals surface area contributed by atoms with E-state index in [-0.39, 0.29) is 5.91 Å². The van der Waals surface area contributed by atoms with Gasteiger partial charge in [-0.15, -0.1) is 10.2 Å². The fourth-order valence-electron chi connectivity index (χ4n) is 3.40. The molecule has 0 unspecified atom stereocenters. The van der Waals surface area contributed by atoms with E-state index in [2.05, 4.69) is 15.1 Å². The summed E-state index contributed by atoms with van der Waals surface area (Å²) in [5.41, 5.74) is 0.548. The molecule has 2 aromatic carbocycles. The van der Waals surface area contributed by atoms with Crippen LogP contribution in [-0.4, -0.2) is 61.4 Å². The monoisotopic (exact) mass is 420 g/mol. The van der Waals surface area contributed by atoms with Crippen molar-refractivity contribution in [3.8, 4) is 23.1 Å². The second kappa shape index (κ2) is 9.34. The third kappa shape index (κ3) is 4.85. The number of para-hydroxylation sites is 1. The molecule has 1 aromatic heterocycles. The van der Waals surface area contributed by atoms with Gasteiger partial charge in [0.25, 0.3) is 5.91 Å². The van der Waals surface area contributed by atoms with Gasteiger partial charge in [-0.2, -0.15) is 0 Å². The fraction of sp³-hybridized carbons (Fsp3) is 0.261. The van der Waals surface area contributed by atoms with E-state index in [4.69, 9.17) is 14.2 Å². The number of rotatable bonds is 6. The summed E-state index contributed by atoms with van der Waals surface area (Å²) in [7, 11) is 3.14. The first-order chi connectivity index (χ1) is 15.2. The van der Waals surface area contributed by atoms with Gasteiger partial charge in [0, 0.05) is 43.9 Å². The number of carbonyl (C=O) groups excluding carboxylic acids is 1. The molecule has 1 saturated heterocycles. The van der Waals surface area contributed by atoms with Crippen molar-refractivity contribution in [2.45, 2.75) is 0 Å². The average Bonchev–Trinajstić information content (AvgIpc) is 2.84. The number of benzene rings is 2. The molecule has 1 aliphatic heterocycles. The average molecular weight is 420 g/mol. The Morgan fingerprint density at radius 2 is 1.48 bits per heavy atom. The second-order valence-corrected chi connectivity index (χ2v) is 7.03. The molecular formula is C23H24N4O4. The Bertz CT molecular complexity index is 997.